The number of carbonyl (C=O) groups excluding carboxylic acids is 1. The van der Waals surface area contributed by atoms with E-state index in [9.17, 15) is 14.9 Å². The lowest BCUT2D eigenvalue weighted by Gasteiger charge is -2.25. The van der Waals surface area contributed by atoms with Crippen molar-refractivity contribution in [1.82, 2.24) is 15.4 Å². The molecule has 24 heavy (non-hydrogen) atoms. The first-order valence-electron chi connectivity index (χ1n) is 7.48. The van der Waals surface area contributed by atoms with Gasteiger partial charge >= 0.3 is 6.03 Å². The standard InChI is InChI=1S/C16H20N4O4/c1-10-15(12(3)24-18-10)9-17-16(21)19(4)11(2)13-6-5-7-14(8-13)20(22)23/h5-8,11H,9H2,1-4H3,(H,17,21). The molecule has 128 valence electrons. The molecule has 8 heteroatoms. The molecule has 0 saturated heterocycles. The van der Waals surface area contributed by atoms with Crippen LogP contribution in [-0.2, 0) is 6.54 Å². The molecule has 0 spiro atoms. The number of benzene rings is 1. The van der Waals surface area contributed by atoms with E-state index in [-0.39, 0.29) is 17.8 Å². The highest BCUT2D eigenvalue weighted by Gasteiger charge is 2.20. The highest BCUT2D eigenvalue weighted by Crippen LogP contribution is 2.23. The summed E-state index contributed by atoms with van der Waals surface area (Å²) >= 11 is 0. The van der Waals surface area contributed by atoms with Crippen molar-refractivity contribution >= 4 is 11.7 Å². The Bertz CT molecular complexity index is 737. The third-order valence-corrected chi connectivity index (χ3v) is 4.06. The summed E-state index contributed by atoms with van der Waals surface area (Å²) in [6.07, 6.45) is 0. The van der Waals surface area contributed by atoms with Crippen molar-refractivity contribution in [3.63, 3.8) is 0 Å². The molecule has 0 aliphatic rings. The van der Waals surface area contributed by atoms with Crippen LogP contribution in [0.25, 0.3) is 0 Å². The monoisotopic (exact) mass is 332 g/mol. The minimum Gasteiger partial charge on any atom is -0.361 e. The smallest absolute Gasteiger partial charge is 0.317 e. The summed E-state index contributed by atoms with van der Waals surface area (Å²) in [5.41, 5.74) is 2.28. The molecule has 0 radical (unpaired) electrons. The summed E-state index contributed by atoms with van der Waals surface area (Å²) in [6, 6.07) is 5.68. The molecule has 0 fully saturated rings. The fourth-order valence-corrected chi connectivity index (χ4v) is 2.34. The number of non-ortho nitro benzene ring substituents is 1. The zero-order valence-electron chi connectivity index (χ0n) is 14.1. The predicted molar refractivity (Wildman–Crippen MR) is 87.5 cm³/mol. The first-order valence-corrected chi connectivity index (χ1v) is 7.48. The number of hydrogen-bond donors (Lipinski definition) is 1. The van der Waals surface area contributed by atoms with Crippen LogP contribution >= 0.6 is 0 Å². The van der Waals surface area contributed by atoms with E-state index in [4.69, 9.17) is 4.52 Å². The number of nitrogens with zero attached hydrogens (tertiary/aromatic N) is 3. The van der Waals surface area contributed by atoms with E-state index >= 15 is 0 Å². The van der Waals surface area contributed by atoms with Gasteiger partial charge in [0.2, 0.25) is 0 Å². The van der Waals surface area contributed by atoms with Gasteiger partial charge in [-0.15, -0.1) is 0 Å². The number of aromatic nitrogens is 1. The van der Waals surface area contributed by atoms with Crippen molar-refractivity contribution in [2.75, 3.05) is 7.05 Å². The van der Waals surface area contributed by atoms with E-state index in [0.29, 0.717) is 17.9 Å². The molecule has 1 unspecified atom stereocenters. The van der Waals surface area contributed by atoms with Crippen molar-refractivity contribution in [2.24, 2.45) is 0 Å². The molecule has 0 saturated carbocycles. The molecule has 0 aliphatic heterocycles. The Morgan fingerprint density at radius 3 is 2.75 bits per heavy atom. The average Bonchev–Trinajstić information content (AvgIpc) is 2.89. The van der Waals surface area contributed by atoms with Crippen LogP contribution in [0, 0.1) is 24.0 Å². The molecule has 1 atom stereocenters. The first kappa shape index (κ1) is 17.5. The van der Waals surface area contributed by atoms with E-state index in [1.165, 1.54) is 17.0 Å². The van der Waals surface area contributed by atoms with Gasteiger partial charge in [0, 0.05) is 31.3 Å². The van der Waals surface area contributed by atoms with Crippen LogP contribution in [0.4, 0.5) is 10.5 Å². The average molecular weight is 332 g/mol. The number of nitro benzene ring substituents is 1. The molecule has 2 rings (SSSR count). The third-order valence-electron chi connectivity index (χ3n) is 4.06. The Hall–Kier alpha value is -2.90. The van der Waals surface area contributed by atoms with Gasteiger partial charge in [0.05, 0.1) is 16.7 Å². The van der Waals surface area contributed by atoms with Gasteiger partial charge in [-0.25, -0.2) is 4.79 Å². The maximum Gasteiger partial charge on any atom is 0.317 e. The van der Waals surface area contributed by atoms with Gasteiger partial charge in [-0.3, -0.25) is 10.1 Å². The molecular formula is C16H20N4O4. The molecule has 1 aromatic heterocycles. The molecule has 8 nitrogen and oxygen atoms in total. The molecule has 1 aromatic carbocycles. The van der Waals surface area contributed by atoms with E-state index in [2.05, 4.69) is 10.5 Å². The van der Waals surface area contributed by atoms with Crippen LogP contribution < -0.4 is 5.32 Å². The number of aryl methyl sites for hydroxylation is 2. The Labute approximate surface area is 139 Å². The first-order chi connectivity index (χ1) is 11.3. The van der Waals surface area contributed by atoms with Crippen molar-refractivity contribution in [1.29, 1.82) is 0 Å². The highest BCUT2D eigenvalue weighted by atomic mass is 16.6. The third kappa shape index (κ3) is 3.70. The fraction of sp³-hybridized carbons (Fsp3) is 0.375. The van der Waals surface area contributed by atoms with E-state index in [0.717, 1.165) is 11.3 Å². The van der Waals surface area contributed by atoms with Gasteiger partial charge in [0.15, 0.2) is 0 Å². The van der Waals surface area contributed by atoms with Crippen LogP contribution in [0.1, 0.15) is 35.5 Å². The Morgan fingerprint density at radius 2 is 2.17 bits per heavy atom. The SMILES string of the molecule is Cc1noc(C)c1CNC(=O)N(C)C(C)c1cccc([N+](=O)[O-])c1. The Balaban J connectivity index is 2.04. The quantitative estimate of drug-likeness (QED) is 0.669. The van der Waals surface area contributed by atoms with Gasteiger partial charge in [0.25, 0.3) is 5.69 Å². The molecule has 2 amide bonds. The number of hydrogen-bond acceptors (Lipinski definition) is 5. The molecule has 0 bridgehead atoms. The molecule has 0 aliphatic carbocycles. The van der Waals surface area contributed by atoms with Gasteiger partial charge in [-0.1, -0.05) is 17.3 Å². The van der Waals surface area contributed by atoms with Crippen LogP contribution in [-0.4, -0.2) is 28.1 Å². The maximum absolute atomic E-state index is 12.3. The minimum absolute atomic E-state index is 0.00359. The summed E-state index contributed by atoms with van der Waals surface area (Å²) in [4.78, 5) is 24.2. The van der Waals surface area contributed by atoms with Crippen molar-refractivity contribution in [3.8, 4) is 0 Å². The largest absolute Gasteiger partial charge is 0.361 e. The number of nitrogens with one attached hydrogen (secondary N) is 1. The number of carbonyl (C=O) groups is 1. The van der Waals surface area contributed by atoms with E-state index < -0.39 is 4.92 Å². The van der Waals surface area contributed by atoms with Gasteiger partial charge in [0.1, 0.15) is 5.76 Å². The topological polar surface area (TPSA) is 102 Å². The number of urea groups is 1. The van der Waals surface area contributed by atoms with Crippen molar-refractivity contribution in [2.45, 2.75) is 33.4 Å². The van der Waals surface area contributed by atoms with Gasteiger partial charge in [-0.2, -0.15) is 0 Å². The zero-order chi connectivity index (χ0) is 17.9. The molecule has 2 aromatic rings. The second-order valence-corrected chi connectivity index (χ2v) is 5.60. The number of rotatable bonds is 5. The lowest BCUT2D eigenvalue weighted by atomic mass is 10.1. The Kier molecular flexibility index (Phi) is 5.18. The second-order valence-electron chi connectivity index (χ2n) is 5.60. The van der Waals surface area contributed by atoms with Crippen molar-refractivity contribution in [3.05, 3.63) is 57.0 Å². The predicted octanol–water partition coefficient (Wildman–Crippen LogP) is 3.10. The molecular weight excluding hydrogens is 312 g/mol. The van der Waals surface area contributed by atoms with Crippen molar-refractivity contribution < 1.29 is 14.2 Å². The van der Waals surface area contributed by atoms with Crippen LogP contribution in [0.2, 0.25) is 0 Å². The second kappa shape index (κ2) is 7.12. The minimum atomic E-state index is -0.451. The maximum atomic E-state index is 12.3. The summed E-state index contributed by atoms with van der Waals surface area (Å²) < 4.78 is 5.06. The van der Waals surface area contributed by atoms with Gasteiger partial charge < -0.3 is 14.7 Å². The Morgan fingerprint density at radius 1 is 1.46 bits per heavy atom. The fourth-order valence-electron chi connectivity index (χ4n) is 2.34. The van der Waals surface area contributed by atoms with Crippen LogP contribution in [0.3, 0.4) is 0 Å². The summed E-state index contributed by atoms with van der Waals surface area (Å²) in [5, 5.41) is 17.5. The van der Waals surface area contributed by atoms with E-state index in [1.807, 2.05) is 13.8 Å². The summed E-state index contributed by atoms with van der Waals surface area (Å²) in [6.45, 7) is 5.73. The molecule has 1 N–H and O–H groups in total. The lowest BCUT2D eigenvalue weighted by molar-refractivity contribution is -0.384. The summed E-state index contributed by atoms with van der Waals surface area (Å²) in [5.74, 6) is 0.669. The van der Waals surface area contributed by atoms with Crippen LogP contribution in [0.5, 0.6) is 0 Å². The molecule has 1 heterocycles. The lowest BCUT2D eigenvalue weighted by Crippen LogP contribution is -2.38. The zero-order valence-corrected chi connectivity index (χ0v) is 14.1. The normalized spacial score (nSPS) is 11.8. The van der Waals surface area contributed by atoms with Gasteiger partial charge in [-0.05, 0) is 26.3 Å². The van der Waals surface area contributed by atoms with Crippen LogP contribution in [0.15, 0.2) is 28.8 Å². The highest BCUT2D eigenvalue weighted by molar-refractivity contribution is 5.74. The summed E-state index contributed by atoms with van der Waals surface area (Å²) in [7, 11) is 1.65. The van der Waals surface area contributed by atoms with E-state index in [1.54, 1.807) is 26.1 Å². The number of amides is 2. The number of nitro groups is 1.